The number of hydrogen-bond donors (Lipinski definition) is 2. The first kappa shape index (κ1) is 14.7. The number of aromatic hydroxyl groups is 1. The number of para-hydroxylation sites is 1. The lowest BCUT2D eigenvalue weighted by Crippen LogP contribution is -2.09. The van der Waals surface area contributed by atoms with Gasteiger partial charge in [-0.05, 0) is 46.6 Å². The zero-order valence-electron chi connectivity index (χ0n) is 11.6. The second-order valence-corrected chi connectivity index (χ2v) is 5.37. The number of nitrogens with one attached hydrogen (secondary N) is 1. The first-order valence-electron chi connectivity index (χ1n) is 6.53. The molecule has 0 spiro atoms. The molecule has 1 atom stereocenters. The second kappa shape index (κ2) is 6.66. The Balaban J connectivity index is 2.23. The molecule has 0 saturated carbocycles. The molecule has 0 amide bonds. The molecule has 106 valence electrons. The summed E-state index contributed by atoms with van der Waals surface area (Å²) in [7, 11) is 1.64. The van der Waals surface area contributed by atoms with Crippen LogP contribution in [0.2, 0.25) is 0 Å². The van der Waals surface area contributed by atoms with E-state index in [0.717, 1.165) is 27.9 Å². The van der Waals surface area contributed by atoms with Crippen LogP contribution in [0.15, 0.2) is 46.9 Å². The Kier molecular flexibility index (Phi) is 4.90. The number of phenols is 1. The van der Waals surface area contributed by atoms with Gasteiger partial charge in [0, 0.05) is 11.3 Å². The largest absolute Gasteiger partial charge is 0.508 e. The maximum atomic E-state index is 9.96. The van der Waals surface area contributed by atoms with Gasteiger partial charge < -0.3 is 15.2 Å². The maximum Gasteiger partial charge on any atom is 0.133 e. The number of phenolic OH excluding ortho intramolecular Hbond substituents is 1. The van der Waals surface area contributed by atoms with Crippen molar-refractivity contribution in [1.82, 2.24) is 0 Å². The topological polar surface area (TPSA) is 41.5 Å². The first-order valence-corrected chi connectivity index (χ1v) is 7.33. The van der Waals surface area contributed by atoms with Gasteiger partial charge in [-0.25, -0.2) is 0 Å². The van der Waals surface area contributed by atoms with Gasteiger partial charge in [0.15, 0.2) is 0 Å². The van der Waals surface area contributed by atoms with E-state index in [4.69, 9.17) is 4.74 Å². The van der Waals surface area contributed by atoms with Gasteiger partial charge in [0.2, 0.25) is 0 Å². The number of hydrogen-bond acceptors (Lipinski definition) is 3. The quantitative estimate of drug-likeness (QED) is 0.830. The Morgan fingerprint density at radius 1 is 1.25 bits per heavy atom. The summed E-state index contributed by atoms with van der Waals surface area (Å²) < 4.78 is 6.12. The van der Waals surface area contributed by atoms with Crippen LogP contribution in [-0.4, -0.2) is 12.2 Å². The lowest BCUT2D eigenvalue weighted by molar-refractivity contribution is 0.412. The minimum atomic E-state index is 0.0662. The minimum Gasteiger partial charge on any atom is -0.508 e. The highest BCUT2D eigenvalue weighted by atomic mass is 79.9. The number of halogens is 1. The summed E-state index contributed by atoms with van der Waals surface area (Å²) in [4.78, 5) is 0. The van der Waals surface area contributed by atoms with Crippen LogP contribution in [0.4, 0.5) is 5.69 Å². The number of ether oxygens (including phenoxy) is 1. The summed E-state index contributed by atoms with van der Waals surface area (Å²) in [6, 6.07) is 13.3. The molecular weight excluding hydrogens is 318 g/mol. The fourth-order valence-corrected chi connectivity index (χ4v) is 2.68. The van der Waals surface area contributed by atoms with Gasteiger partial charge in [-0.15, -0.1) is 0 Å². The van der Waals surface area contributed by atoms with E-state index < -0.39 is 0 Å². The third-order valence-electron chi connectivity index (χ3n) is 3.21. The Bertz CT molecular complexity index is 586. The lowest BCUT2D eigenvalue weighted by Gasteiger charge is -2.20. The summed E-state index contributed by atoms with van der Waals surface area (Å²) in [5.74, 6) is 1.12. The molecule has 0 aliphatic heterocycles. The van der Waals surface area contributed by atoms with E-state index in [2.05, 4.69) is 28.2 Å². The molecule has 0 bridgehead atoms. The van der Waals surface area contributed by atoms with Crippen LogP contribution < -0.4 is 10.1 Å². The smallest absolute Gasteiger partial charge is 0.133 e. The molecule has 2 N–H and O–H groups in total. The van der Waals surface area contributed by atoms with Crippen molar-refractivity contribution in [3.63, 3.8) is 0 Å². The Morgan fingerprint density at radius 3 is 2.60 bits per heavy atom. The summed E-state index contributed by atoms with van der Waals surface area (Å²) in [5, 5.41) is 13.4. The molecule has 4 heteroatoms. The Morgan fingerprint density at radius 2 is 2.00 bits per heavy atom. The van der Waals surface area contributed by atoms with Gasteiger partial charge in [-0.1, -0.05) is 25.1 Å². The predicted molar refractivity (Wildman–Crippen MR) is 85.5 cm³/mol. The van der Waals surface area contributed by atoms with Crippen molar-refractivity contribution in [2.24, 2.45) is 0 Å². The molecule has 3 nitrogen and oxygen atoms in total. The van der Waals surface area contributed by atoms with Crippen LogP contribution in [0.5, 0.6) is 11.5 Å². The van der Waals surface area contributed by atoms with Gasteiger partial charge in [0.1, 0.15) is 11.5 Å². The van der Waals surface area contributed by atoms with Crippen LogP contribution in [0, 0.1) is 0 Å². The van der Waals surface area contributed by atoms with Gasteiger partial charge in [-0.3, -0.25) is 0 Å². The molecule has 0 saturated heterocycles. The lowest BCUT2D eigenvalue weighted by atomic mass is 10.0. The predicted octanol–water partition coefficient (Wildman–Crippen LogP) is 4.73. The molecule has 20 heavy (non-hydrogen) atoms. The van der Waals surface area contributed by atoms with Crippen molar-refractivity contribution in [3.05, 3.63) is 52.5 Å². The van der Waals surface area contributed by atoms with E-state index in [1.165, 1.54) is 0 Å². The molecule has 2 aromatic rings. The minimum absolute atomic E-state index is 0.0662. The van der Waals surface area contributed by atoms with E-state index in [1.807, 2.05) is 36.4 Å². The Labute approximate surface area is 127 Å². The number of benzene rings is 2. The van der Waals surface area contributed by atoms with Crippen molar-refractivity contribution in [3.8, 4) is 11.5 Å². The summed E-state index contributed by atoms with van der Waals surface area (Å²) in [6.45, 7) is 2.09. The molecule has 0 fully saturated rings. The van der Waals surface area contributed by atoms with Crippen molar-refractivity contribution < 1.29 is 9.84 Å². The molecular formula is C16H18BrNO2. The molecule has 0 aliphatic rings. The van der Waals surface area contributed by atoms with E-state index in [9.17, 15) is 5.11 Å². The van der Waals surface area contributed by atoms with Gasteiger partial charge in [-0.2, -0.15) is 0 Å². The van der Waals surface area contributed by atoms with Crippen LogP contribution >= 0.6 is 15.9 Å². The van der Waals surface area contributed by atoms with Gasteiger partial charge in [0.05, 0.1) is 17.6 Å². The van der Waals surface area contributed by atoms with Crippen molar-refractivity contribution in [2.45, 2.75) is 19.4 Å². The third kappa shape index (κ3) is 3.25. The van der Waals surface area contributed by atoms with Crippen LogP contribution in [0.25, 0.3) is 0 Å². The summed E-state index contributed by atoms with van der Waals surface area (Å²) in [5.41, 5.74) is 1.88. The van der Waals surface area contributed by atoms with Gasteiger partial charge >= 0.3 is 0 Å². The van der Waals surface area contributed by atoms with E-state index >= 15 is 0 Å². The second-order valence-electron chi connectivity index (χ2n) is 4.51. The highest BCUT2D eigenvalue weighted by molar-refractivity contribution is 9.10. The molecule has 1 unspecified atom stereocenters. The third-order valence-corrected chi connectivity index (χ3v) is 3.83. The summed E-state index contributed by atoms with van der Waals surface area (Å²) >= 11 is 3.48. The molecule has 0 heterocycles. The SMILES string of the molecule is CCC(Nc1ccc(OC)c(Br)c1)c1ccccc1O. The molecule has 2 aromatic carbocycles. The number of anilines is 1. The molecule has 0 aromatic heterocycles. The first-order chi connectivity index (χ1) is 9.65. The fraction of sp³-hybridized carbons (Fsp3) is 0.250. The zero-order valence-corrected chi connectivity index (χ0v) is 13.1. The average Bonchev–Trinajstić information content (AvgIpc) is 2.46. The van der Waals surface area contributed by atoms with E-state index in [-0.39, 0.29) is 6.04 Å². The Hall–Kier alpha value is -1.68. The maximum absolute atomic E-state index is 9.96. The normalized spacial score (nSPS) is 11.9. The van der Waals surface area contributed by atoms with Gasteiger partial charge in [0.25, 0.3) is 0 Å². The fourth-order valence-electron chi connectivity index (χ4n) is 2.14. The average molecular weight is 336 g/mol. The number of methoxy groups -OCH3 is 1. The van der Waals surface area contributed by atoms with Crippen molar-refractivity contribution in [1.29, 1.82) is 0 Å². The highest BCUT2D eigenvalue weighted by Crippen LogP contribution is 2.32. The van der Waals surface area contributed by atoms with E-state index in [0.29, 0.717) is 5.75 Å². The monoisotopic (exact) mass is 335 g/mol. The highest BCUT2D eigenvalue weighted by Gasteiger charge is 2.13. The van der Waals surface area contributed by atoms with Crippen molar-refractivity contribution >= 4 is 21.6 Å². The van der Waals surface area contributed by atoms with Crippen LogP contribution in [0.1, 0.15) is 24.9 Å². The summed E-state index contributed by atoms with van der Waals surface area (Å²) in [6.07, 6.45) is 0.876. The molecule has 2 rings (SSSR count). The number of rotatable bonds is 5. The van der Waals surface area contributed by atoms with Crippen molar-refractivity contribution in [2.75, 3.05) is 12.4 Å². The zero-order chi connectivity index (χ0) is 14.5. The van der Waals surface area contributed by atoms with Crippen LogP contribution in [-0.2, 0) is 0 Å². The standard InChI is InChI=1S/C16H18BrNO2/c1-3-14(12-6-4-5-7-15(12)19)18-11-8-9-16(20-2)13(17)10-11/h4-10,14,18-19H,3H2,1-2H3. The van der Waals surface area contributed by atoms with E-state index in [1.54, 1.807) is 13.2 Å². The molecule has 0 aliphatic carbocycles. The van der Waals surface area contributed by atoms with Crippen LogP contribution in [0.3, 0.4) is 0 Å². The molecule has 0 radical (unpaired) electrons.